The van der Waals surface area contributed by atoms with E-state index in [2.05, 4.69) is 4.98 Å². The van der Waals surface area contributed by atoms with Crippen molar-refractivity contribution in [2.75, 3.05) is 26.7 Å². The average Bonchev–Trinajstić information content (AvgIpc) is 2.49. The molecule has 21 heavy (non-hydrogen) atoms. The lowest BCUT2D eigenvalue weighted by atomic mass is 10.1. The highest BCUT2D eigenvalue weighted by molar-refractivity contribution is 6.34. The maximum Gasteiger partial charge on any atom is 0.273 e. The summed E-state index contributed by atoms with van der Waals surface area (Å²) < 4.78 is 0. The standard InChI is InChI=1S/C15H14ClN3O2/c1-18-6-7-19(9-13(18)20)15(21)12-8-10-4-2-3-5-11(10)14(16)17-12/h2-5,8H,6-7,9H2,1H3. The van der Waals surface area contributed by atoms with E-state index >= 15 is 0 Å². The van der Waals surface area contributed by atoms with Crippen LogP contribution in [0.1, 0.15) is 10.5 Å². The normalized spacial score (nSPS) is 15.6. The van der Waals surface area contributed by atoms with Crippen LogP contribution in [0.15, 0.2) is 30.3 Å². The average molecular weight is 304 g/mol. The number of rotatable bonds is 1. The highest BCUT2D eigenvalue weighted by Gasteiger charge is 2.26. The van der Waals surface area contributed by atoms with Crippen molar-refractivity contribution in [2.45, 2.75) is 0 Å². The Bertz CT molecular complexity index is 732. The summed E-state index contributed by atoms with van der Waals surface area (Å²) in [6.07, 6.45) is 0. The summed E-state index contributed by atoms with van der Waals surface area (Å²) in [4.78, 5) is 31.5. The van der Waals surface area contributed by atoms with Crippen molar-refractivity contribution in [2.24, 2.45) is 0 Å². The highest BCUT2D eigenvalue weighted by atomic mass is 35.5. The van der Waals surface area contributed by atoms with Crippen LogP contribution in [0.3, 0.4) is 0 Å². The number of pyridine rings is 1. The van der Waals surface area contributed by atoms with Crippen molar-refractivity contribution < 1.29 is 9.59 Å². The maximum atomic E-state index is 12.5. The Hall–Kier alpha value is -2.14. The molecule has 1 aromatic carbocycles. The molecule has 0 spiro atoms. The molecule has 3 rings (SSSR count). The van der Waals surface area contributed by atoms with Gasteiger partial charge in [-0.05, 0) is 11.5 Å². The molecule has 1 aromatic heterocycles. The lowest BCUT2D eigenvalue weighted by Crippen LogP contribution is -2.50. The van der Waals surface area contributed by atoms with Crippen LogP contribution in [0.2, 0.25) is 5.15 Å². The molecule has 1 aliphatic rings. The predicted octanol–water partition coefficient (Wildman–Crippen LogP) is 1.80. The first kappa shape index (κ1) is 13.8. The number of halogens is 1. The molecule has 2 heterocycles. The van der Waals surface area contributed by atoms with Gasteiger partial charge in [-0.3, -0.25) is 9.59 Å². The zero-order valence-corrected chi connectivity index (χ0v) is 12.3. The molecule has 1 fully saturated rings. The molecule has 1 saturated heterocycles. The summed E-state index contributed by atoms with van der Waals surface area (Å²) in [7, 11) is 1.73. The Labute approximate surface area is 127 Å². The largest absolute Gasteiger partial charge is 0.342 e. The van der Waals surface area contributed by atoms with Crippen molar-refractivity contribution >= 4 is 34.2 Å². The van der Waals surface area contributed by atoms with Crippen LogP contribution in [0, 0.1) is 0 Å². The van der Waals surface area contributed by atoms with Gasteiger partial charge in [-0.2, -0.15) is 0 Å². The molecule has 0 bridgehead atoms. The summed E-state index contributed by atoms with van der Waals surface area (Å²) >= 11 is 6.14. The van der Waals surface area contributed by atoms with Gasteiger partial charge in [-0.1, -0.05) is 35.9 Å². The molecule has 0 aliphatic carbocycles. The van der Waals surface area contributed by atoms with Crippen LogP contribution in [0.25, 0.3) is 10.8 Å². The topological polar surface area (TPSA) is 53.5 Å². The number of fused-ring (bicyclic) bond motifs is 1. The van der Waals surface area contributed by atoms with E-state index in [4.69, 9.17) is 11.6 Å². The van der Waals surface area contributed by atoms with Gasteiger partial charge in [0, 0.05) is 25.5 Å². The van der Waals surface area contributed by atoms with Gasteiger partial charge >= 0.3 is 0 Å². The van der Waals surface area contributed by atoms with Crippen LogP contribution < -0.4 is 0 Å². The number of carbonyl (C=O) groups excluding carboxylic acids is 2. The number of piperazine rings is 1. The number of nitrogens with zero attached hydrogens (tertiary/aromatic N) is 3. The first-order chi connectivity index (χ1) is 10.1. The summed E-state index contributed by atoms with van der Waals surface area (Å²) in [5.41, 5.74) is 0.274. The fourth-order valence-corrected chi connectivity index (χ4v) is 2.62. The van der Waals surface area contributed by atoms with E-state index in [-0.39, 0.29) is 24.1 Å². The van der Waals surface area contributed by atoms with Crippen molar-refractivity contribution in [1.29, 1.82) is 0 Å². The number of carbonyl (C=O) groups is 2. The maximum absolute atomic E-state index is 12.5. The van der Waals surface area contributed by atoms with E-state index < -0.39 is 0 Å². The van der Waals surface area contributed by atoms with Crippen molar-refractivity contribution in [3.63, 3.8) is 0 Å². The number of hydrogen-bond acceptors (Lipinski definition) is 3. The van der Waals surface area contributed by atoms with Crippen molar-refractivity contribution in [1.82, 2.24) is 14.8 Å². The first-order valence-electron chi connectivity index (χ1n) is 6.65. The molecule has 1 aliphatic heterocycles. The number of likely N-dealkylation sites (N-methyl/N-ethyl adjacent to an activating group) is 1. The lowest BCUT2D eigenvalue weighted by Gasteiger charge is -2.31. The second-order valence-electron chi connectivity index (χ2n) is 5.06. The molecular weight excluding hydrogens is 290 g/mol. The van der Waals surface area contributed by atoms with Crippen LogP contribution in [0.5, 0.6) is 0 Å². The molecule has 0 saturated carbocycles. The molecular formula is C15H14ClN3O2. The zero-order chi connectivity index (χ0) is 15.0. The molecule has 0 N–H and O–H groups in total. The second-order valence-corrected chi connectivity index (χ2v) is 5.42. The van der Waals surface area contributed by atoms with Crippen LogP contribution >= 0.6 is 11.6 Å². The SMILES string of the molecule is CN1CCN(C(=O)c2cc3ccccc3c(Cl)n2)CC1=O. The highest BCUT2D eigenvalue weighted by Crippen LogP contribution is 2.23. The fourth-order valence-electron chi connectivity index (χ4n) is 2.36. The van der Waals surface area contributed by atoms with Gasteiger partial charge in [0.1, 0.15) is 17.4 Å². The minimum atomic E-state index is -0.260. The van der Waals surface area contributed by atoms with Crippen molar-refractivity contribution in [3.8, 4) is 0 Å². The zero-order valence-electron chi connectivity index (χ0n) is 11.5. The van der Waals surface area contributed by atoms with E-state index in [0.29, 0.717) is 18.2 Å². The Morgan fingerprint density at radius 2 is 2.05 bits per heavy atom. The predicted molar refractivity (Wildman–Crippen MR) is 80.3 cm³/mol. The van der Waals surface area contributed by atoms with Gasteiger partial charge in [-0.15, -0.1) is 0 Å². The van der Waals surface area contributed by atoms with Crippen molar-refractivity contribution in [3.05, 3.63) is 41.2 Å². The molecule has 108 valence electrons. The molecule has 0 radical (unpaired) electrons. The molecule has 5 nitrogen and oxygen atoms in total. The summed E-state index contributed by atoms with van der Waals surface area (Å²) in [5, 5.41) is 1.98. The fraction of sp³-hybridized carbons (Fsp3) is 0.267. The summed E-state index contributed by atoms with van der Waals surface area (Å²) in [6.45, 7) is 1.13. The number of amides is 2. The van der Waals surface area contributed by atoms with E-state index in [1.54, 1.807) is 18.0 Å². The van der Waals surface area contributed by atoms with Gasteiger partial charge in [-0.25, -0.2) is 4.98 Å². The van der Waals surface area contributed by atoms with Crippen LogP contribution in [-0.4, -0.2) is 53.3 Å². The Morgan fingerprint density at radius 1 is 1.29 bits per heavy atom. The van der Waals surface area contributed by atoms with E-state index in [9.17, 15) is 9.59 Å². The quantitative estimate of drug-likeness (QED) is 0.755. The third kappa shape index (κ3) is 2.56. The minimum Gasteiger partial charge on any atom is -0.342 e. The Kier molecular flexibility index (Phi) is 3.51. The molecule has 6 heteroatoms. The van der Waals surface area contributed by atoms with E-state index in [0.717, 1.165) is 10.8 Å². The van der Waals surface area contributed by atoms with Gasteiger partial charge in [0.25, 0.3) is 5.91 Å². The first-order valence-corrected chi connectivity index (χ1v) is 7.02. The smallest absolute Gasteiger partial charge is 0.273 e. The Balaban J connectivity index is 1.93. The number of aromatic nitrogens is 1. The minimum absolute atomic E-state index is 0.0681. The number of hydrogen-bond donors (Lipinski definition) is 0. The summed E-state index contributed by atoms with van der Waals surface area (Å²) in [6, 6.07) is 9.21. The molecule has 2 aromatic rings. The lowest BCUT2D eigenvalue weighted by molar-refractivity contribution is -0.133. The van der Waals surface area contributed by atoms with E-state index in [1.807, 2.05) is 24.3 Å². The van der Waals surface area contributed by atoms with Gasteiger partial charge in [0.15, 0.2) is 0 Å². The van der Waals surface area contributed by atoms with Crippen LogP contribution in [0.4, 0.5) is 0 Å². The van der Waals surface area contributed by atoms with Gasteiger partial charge in [0.2, 0.25) is 5.91 Å². The molecule has 2 amide bonds. The summed E-state index contributed by atoms with van der Waals surface area (Å²) in [5.74, 6) is -0.328. The monoisotopic (exact) mass is 303 g/mol. The van der Waals surface area contributed by atoms with E-state index in [1.165, 1.54) is 4.90 Å². The Morgan fingerprint density at radius 3 is 2.81 bits per heavy atom. The second kappa shape index (κ2) is 5.33. The third-order valence-corrected chi connectivity index (χ3v) is 3.95. The van der Waals surface area contributed by atoms with Gasteiger partial charge in [0.05, 0.1) is 0 Å². The van der Waals surface area contributed by atoms with Crippen LogP contribution in [-0.2, 0) is 4.79 Å². The third-order valence-electron chi connectivity index (χ3n) is 3.66. The van der Waals surface area contributed by atoms with Gasteiger partial charge < -0.3 is 9.80 Å². The molecule has 0 atom stereocenters. The molecule has 0 unspecified atom stereocenters. The number of benzene rings is 1.